The van der Waals surface area contributed by atoms with E-state index in [1.165, 1.54) is 25.7 Å². The zero-order chi connectivity index (χ0) is 11.7. The van der Waals surface area contributed by atoms with Gasteiger partial charge in [0.1, 0.15) is 6.04 Å². The Hall–Kier alpha value is -0.990. The Morgan fingerprint density at radius 1 is 1.40 bits per heavy atom. The molecule has 1 unspecified atom stereocenters. The van der Waals surface area contributed by atoms with Crippen LogP contribution in [0.5, 0.6) is 0 Å². The van der Waals surface area contributed by atoms with Crippen molar-refractivity contribution < 1.29 is 9.90 Å². The van der Waals surface area contributed by atoms with Gasteiger partial charge in [-0.1, -0.05) is 32.3 Å². The van der Waals surface area contributed by atoms with Crippen molar-refractivity contribution in [3.63, 3.8) is 0 Å². The van der Waals surface area contributed by atoms with Crippen LogP contribution in [0.3, 0.4) is 0 Å². The maximum atomic E-state index is 10.6. The molecule has 0 amide bonds. The molecule has 88 valence electrons. The molecule has 0 bridgehead atoms. The highest BCUT2D eigenvalue weighted by molar-refractivity contribution is 5.73. The summed E-state index contributed by atoms with van der Waals surface area (Å²) in [6.45, 7) is 5.76. The van der Waals surface area contributed by atoms with Gasteiger partial charge in [-0.15, -0.1) is 0 Å². The van der Waals surface area contributed by atoms with Gasteiger partial charge >= 0.3 is 5.97 Å². The Balaban J connectivity index is 3.65. The summed E-state index contributed by atoms with van der Waals surface area (Å²) in [6, 6.07) is -0.503. The van der Waals surface area contributed by atoms with Gasteiger partial charge < -0.3 is 10.4 Å². The van der Waals surface area contributed by atoms with E-state index < -0.39 is 12.0 Å². The Bertz CT molecular complexity index is 212. The van der Waals surface area contributed by atoms with Crippen LogP contribution in [0.2, 0.25) is 0 Å². The molecule has 0 rings (SSSR count). The third-order valence-corrected chi connectivity index (χ3v) is 2.32. The number of carboxylic acids is 1. The molecule has 15 heavy (non-hydrogen) atoms. The average molecular weight is 213 g/mol. The van der Waals surface area contributed by atoms with Crippen molar-refractivity contribution in [2.45, 2.75) is 58.9 Å². The number of hydrogen-bond acceptors (Lipinski definition) is 2. The van der Waals surface area contributed by atoms with Gasteiger partial charge in [-0.2, -0.15) is 0 Å². The summed E-state index contributed by atoms with van der Waals surface area (Å²) in [5.74, 6) is -0.811. The van der Waals surface area contributed by atoms with Crippen LogP contribution in [0.1, 0.15) is 52.9 Å². The Labute approximate surface area is 92.6 Å². The largest absolute Gasteiger partial charge is 0.480 e. The lowest BCUT2D eigenvalue weighted by molar-refractivity contribution is -0.138. The molecule has 0 saturated carbocycles. The highest BCUT2D eigenvalue weighted by atomic mass is 16.4. The first-order chi connectivity index (χ1) is 7.07. The molecule has 1 atom stereocenters. The Kier molecular flexibility index (Phi) is 7.78. The lowest BCUT2D eigenvalue weighted by Crippen LogP contribution is -2.32. The summed E-state index contributed by atoms with van der Waals surface area (Å²) >= 11 is 0. The fourth-order valence-electron chi connectivity index (χ4n) is 1.35. The lowest BCUT2D eigenvalue weighted by atomic mass is 10.1. The zero-order valence-electron chi connectivity index (χ0n) is 10.0. The number of carbonyl (C=O) groups is 1. The number of allylic oxidation sites excluding steroid dienone is 2. The molecule has 3 nitrogen and oxygen atoms in total. The van der Waals surface area contributed by atoms with Gasteiger partial charge in [-0.3, -0.25) is 4.79 Å². The Morgan fingerprint density at radius 2 is 2.07 bits per heavy atom. The standard InChI is InChI=1S/C12H23NO2/c1-4-5-6-7-8-9-10(2)13-11(3)12(14)15/h9,11,13H,4-8H2,1-3H3,(H,14,15). The molecule has 2 N–H and O–H groups in total. The summed E-state index contributed by atoms with van der Waals surface area (Å²) < 4.78 is 0. The Morgan fingerprint density at radius 3 is 2.60 bits per heavy atom. The second-order valence-corrected chi connectivity index (χ2v) is 3.94. The molecule has 0 aliphatic carbocycles. The van der Waals surface area contributed by atoms with E-state index in [1.54, 1.807) is 6.92 Å². The summed E-state index contributed by atoms with van der Waals surface area (Å²) in [6.07, 6.45) is 8.09. The number of unbranched alkanes of at least 4 members (excludes halogenated alkanes) is 4. The quantitative estimate of drug-likeness (QED) is 0.609. The van der Waals surface area contributed by atoms with Crippen molar-refractivity contribution in [3.05, 3.63) is 11.8 Å². The van der Waals surface area contributed by atoms with E-state index in [9.17, 15) is 4.79 Å². The first kappa shape index (κ1) is 14.0. The van der Waals surface area contributed by atoms with E-state index >= 15 is 0 Å². The number of aliphatic carboxylic acids is 1. The SMILES string of the molecule is CCCCCCC=C(C)NC(C)C(=O)O. The van der Waals surface area contributed by atoms with Crippen molar-refractivity contribution in [2.75, 3.05) is 0 Å². The van der Waals surface area contributed by atoms with Crippen LogP contribution in [-0.2, 0) is 4.79 Å². The molecule has 0 radical (unpaired) electrons. The van der Waals surface area contributed by atoms with Gasteiger partial charge in [0, 0.05) is 5.70 Å². The van der Waals surface area contributed by atoms with E-state index in [1.807, 2.05) is 6.92 Å². The van der Waals surface area contributed by atoms with E-state index in [-0.39, 0.29) is 0 Å². The second kappa shape index (κ2) is 8.33. The number of nitrogens with one attached hydrogen (secondary N) is 1. The molecular weight excluding hydrogens is 190 g/mol. The van der Waals surface area contributed by atoms with E-state index in [2.05, 4.69) is 18.3 Å². The normalized spacial score (nSPS) is 13.7. The molecule has 0 heterocycles. The smallest absolute Gasteiger partial charge is 0.325 e. The second-order valence-electron chi connectivity index (χ2n) is 3.94. The summed E-state index contributed by atoms with van der Waals surface area (Å²) in [7, 11) is 0. The molecule has 0 aromatic carbocycles. The third kappa shape index (κ3) is 8.03. The molecule has 0 aliphatic heterocycles. The summed E-state index contributed by atoms with van der Waals surface area (Å²) in [5.41, 5.74) is 0.960. The van der Waals surface area contributed by atoms with Crippen molar-refractivity contribution in [2.24, 2.45) is 0 Å². The molecule has 3 heteroatoms. The average Bonchev–Trinajstić information content (AvgIpc) is 2.17. The summed E-state index contributed by atoms with van der Waals surface area (Å²) in [5, 5.41) is 11.6. The molecule has 0 fully saturated rings. The third-order valence-electron chi connectivity index (χ3n) is 2.32. The molecule has 0 aromatic rings. The van der Waals surface area contributed by atoms with E-state index in [4.69, 9.17) is 5.11 Å². The van der Waals surface area contributed by atoms with Gasteiger partial charge in [0.25, 0.3) is 0 Å². The van der Waals surface area contributed by atoms with Crippen LogP contribution in [0, 0.1) is 0 Å². The van der Waals surface area contributed by atoms with Crippen LogP contribution >= 0.6 is 0 Å². The molecule has 0 aliphatic rings. The zero-order valence-corrected chi connectivity index (χ0v) is 10.0. The predicted molar refractivity (Wildman–Crippen MR) is 62.7 cm³/mol. The van der Waals surface area contributed by atoms with Crippen molar-refractivity contribution in [1.29, 1.82) is 0 Å². The van der Waals surface area contributed by atoms with Crippen LogP contribution in [0.25, 0.3) is 0 Å². The molecule has 0 spiro atoms. The minimum Gasteiger partial charge on any atom is -0.480 e. The number of rotatable bonds is 8. The fraction of sp³-hybridized carbons (Fsp3) is 0.750. The van der Waals surface area contributed by atoms with Crippen LogP contribution in [0.4, 0.5) is 0 Å². The van der Waals surface area contributed by atoms with Gasteiger partial charge in [-0.05, 0) is 26.7 Å². The molecule has 0 saturated heterocycles. The predicted octanol–water partition coefficient (Wildman–Crippen LogP) is 2.92. The molecular formula is C12H23NO2. The monoisotopic (exact) mass is 213 g/mol. The highest BCUT2D eigenvalue weighted by Gasteiger charge is 2.08. The topological polar surface area (TPSA) is 49.3 Å². The summed E-state index contributed by atoms with van der Waals surface area (Å²) in [4.78, 5) is 10.6. The van der Waals surface area contributed by atoms with Gasteiger partial charge in [-0.25, -0.2) is 0 Å². The van der Waals surface area contributed by atoms with Crippen molar-refractivity contribution in [3.8, 4) is 0 Å². The van der Waals surface area contributed by atoms with Gasteiger partial charge in [0.2, 0.25) is 0 Å². The maximum Gasteiger partial charge on any atom is 0.325 e. The number of carboxylic acid groups (broad SMARTS) is 1. The highest BCUT2D eigenvalue weighted by Crippen LogP contribution is 2.04. The van der Waals surface area contributed by atoms with Crippen LogP contribution in [0.15, 0.2) is 11.8 Å². The van der Waals surface area contributed by atoms with Gasteiger partial charge in [0.05, 0.1) is 0 Å². The lowest BCUT2D eigenvalue weighted by Gasteiger charge is -2.10. The first-order valence-corrected chi connectivity index (χ1v) is 5.74. The van der Waals surface area contributed by atoms with Crippen LogP contribution in [-0.4, -0.2) is 17.1 Å². The minimum atomic E-state index is -0.811. The van der Waals surface area contributed by atoms with Gasteiger partial charge in [0.15, 0.2) is 0 Å². The minimum absolute atomic E-state index is 0.503. The molecule has 0 aromatic heterocycles. The van der Waals surface area contributed by atoms with E-state index in [0.29, 0.717) is 0 Å². The maximum absolute atomic E-state index is 10.6. The van der Waals surface area contributed by atoms with Crippen molar-refractivity contribution in [1.82, 2.24) is 5.32 Å². The van der Waals surface area contributed by atoms with Crippen LogP contribution < -0.4 is 5.32 Å². The first-order valence-electron chi connectivity index (χ1n) is 5.74. The van der Waals surface area contributed by atoms with Crippen molar-refractivity contribution >= 4 is 5.97 Å². The van der Waals surface area contributed by atoms with E-state index in [0.717, 1.165) is 12.1 Å². The number of hydrogen-bond donors (Lipinski definition) is 2. The fourth-order valence-corrected chi connectivity index (χ4v) is 1.35.